The minimum absolute atomic E-state index is 0.246. The maximum absolute atomic E-state index is 11.5. The first-order valence-electron chi connectivity index (χ1n) is 8.84. The number of ether oxygens (including phenoxy) is 3. The summed E-state index contributed by atoms with van der Waals surface area (Å²) >= 11 is 17.8. The van der Waals surface area contributed by atoms with Crippen molar-refractivity contribution in [1.82, 2.24) is 9.97 Å². The largest absolute Gasteiger partial charge is 0.461 e. The van der Waals surface area contributed by atoms with Crippen LogP contribution < -0.4 is 0 Å². The molecule has 0 aromatic carbocycles. The van der Waals surface area contributed by atoms with Gasteiger partial charge < -0.3 is 14.2 Å². The Morgan fingerprint density at radius 2 is 1.57 bits per heavy atom. The van der Waals surface area contributed by atoms with Gasteiger partial charge in [0.1, 0.15) is 10.8 Å². The molecule has 0 saturated heterocycles. The Kier molecular flexibility index (Phi) is 7.48. The number of esters is 1. The molecule has 0 unspecified atom stereocenters. The summed E-state index contributed by atoms with van der Waals surface area (Å²) in [7, 11) is 0. The van der Waals surface area contributed by atoms with Crippen LogP contribution in [0.25, 0.3) is 0 Å². The van der Waals surface area contributed by atoms with Gasteiger partial charge in [-0.2, -0.15) is 0 Å². The summed E-state index contributed by atoms with van der Waals surface area (Å²) in [5.74, 6) is -0.447. The van der Waals surface area contributed by atoms with Crippen LogP contribution >= 0.6 is 34.8 Å². The Morgan fingerprint density at radius 1 is 1.00 bits per heavy atom. The monoisotopic (exact) mass is 444 g/mol. The number of nitrogens with zero attached hydrogens (tertiary/aromatic N) is 2. The van der Waals surface area contributed by atoms with Crippen LogP contribution in [0.1, 0.15) is 39.9 Å². The number of carbonyl (C=O) groups is 1. The molecule has 0 fully saturated rings. The Labute approximate surface area is 178 Å². The average Bonchev–Trinajstić information content (AvgIpc) is 2.68. The summed E-state index contributed by atoms with van der Waals surface area (Å²) in [6.45, 7) is 4.37. The predicted octanol–water partition coefficient (Wildman–Crippen LogP) is 4.45. The first-order valence-corrected chi connectivity index (χ1v) is 9.97. The van der Waals surface area contributed by atoms with Crippen molar-refractivity contribution in [2.45, 2.75) is 33.0 Å². The molecule has 9 heteroatoms. The van der Waals surface area contributed by atoms with Crippen LogP contribution in [0.5, 0.6) is 0 Å². The zero-order valence-electron chi connectivity index (χ0n) is 15.3. The third kappa shape index (κ3) is 5.13. The lowest BCUT2D eigenvalue weighted by Crippen LogP contribution is -2.16. The van der Waals surface area contributed by atoms with Gasteiger partial charge in [0.2, 0.25) is 0 Å². The quantitative estimate of drug-likeness (QED) is 0.502. The standard InChI is InChI=1S/C11H12ClNO3.C8H7Cl2NO/c1-2-16-11(14)9-5-8(12)7-3-4-15-6-10(7)13-9;9-6-3-8(10)11-7-4-12-2-1-5(6)7/h5H,2-4,6H2,1H3;3H,1-2,4H2. The molecule has 0 saturated carbocycles. The molecule has 0 radical (unpaired) electrons. The molecular formula is C19H19Cl3N2O4. The van der Waals surface area contributed by atoms with Crippen molar-refractivity contribution >= 4 is 40.8 Å². The van der Waals surface area contributed by atoms with Gasteiger partial charge in [0.25, 0.3) is 0 Å². The number of fused-ring (bicyclic) bond motifs is 2. The highest BCUT2D eigenvalue weighted by atomic mass is 35.5. The summed E-state index contributed by atoms with van der Waals surface area (Å²) in [5.41, 5.74) is 3.91. The highest BCUT2D eigenvalue weighted by Gasteiger charge is 2.19. The van der Waals surface area contributed by atoms with Gasteiger partial charge in [-0.15, -0.1) is 0 Å². The van der Waals surface area contributed by atoms with Gasteiger partial charge in [-0.25, -0.2) is 14.8 Å². The topological polar surface area (TPSA) is 70.5 Å². The molecule has 2 aromatic rings. The molecule has 2 aromatic heterocycles. The number of hydrogen-bond acceptors (Lipinski definition) is 6. The predicted molar refractivity (Wildman–Crippen MR) is 106 cm³/mol. The first kappa shape index (κ1) is 21.3. The highest BCUT2D eigenvalue weighted by Crippen LogP contribution is 2.26. The maximum atomic E-state index is 11.5. The minimum Gasteiger partial charge on any atom is -0.461 e. The van der Waals surface area contributed by atoms with Crippen molar-refractivity contribution in [3.8, 4) is 0 Å². The molecule has 150 valence electrons. The van der Waals surface area contributed by atoms with E-state index in [1.165, 1.54) is 0 Å². The van der Waals surface area contributed by atoms with E-state index in [1.807, 2.05) is 0 Å². The second kappa shape index (κ2) is 9.85. The molecule has 0 bridgehead atoms. The molecule has 4 rings (SSSR count). The molecule has 2 aliphatic heterocycles. The lowest BCUT2D eigenvalue weighted by Gasteiger charge is -2.17. The van der Waals surface area contributed by atoms with Crippen molar-refractivity contribution in [2.24, 2.45) is 0 Å². The van der Waals surface area contributed by atoms with E-state index < -0.39 is 5.97 Å². The number of hydrogen-bond donors (Lipinski definition) is 0. The van der Waals surface area contributed by atoms with Crippen LogP contribution in [-0.4, -0.2) is 35.8 Å². The molecule has 0 spiro atoms. The van der Waals surface area contributed by atoms with Crippen molar-refractivity contribution in [1.29, 1.82) is 0 Å². The van der Waals surface area contributed by atoms with E-state index in [-0.39, 0.29) is 5.69 Å². The third-order valence-corrected chi connectivity index (χ3v) is 5.10. The van der Waals surface area contributed by atoms with Gasteiger partial charge in [0.05, 0.1) is 44.4 Å². The van der Waals surface area contributed by atoms with Crippen LogP contribution in [0.3, 0.4) is 0 Å². The van der Waals surface area contributed by atoms with Crippen LogP contribution in [-0.2, 0) is 40.3 Å². The van der Waals surface area contributed by atoms with E-state index in [9.17, 15) is 4.79 Å². The highest BCUT2D eigenvalue weighted by molar-refractivity contribution is 6.34. The van der Waals surface area contributed by atoms with Crippen LogP contribution in [0.4, 0.5) is 0 Å². The van der Waals surface area contributed by atoms with Crippen molar-refractivity contribution < 1.29 is 19.0 Å². The van der Waals surface area contributed by atoms with E-state index in [0.717, 1.165) is 42.0 Å². The molecule has 0 N–H and O–H groups in total. The Bertz CT molecular complexity index is 877. The van der Waals surface area contributed by atoms with Crippen LogP contribution in [0.2, 0.25) is 15.2 Å². The number of carbonyl (C=O) groups excluding carboxylic acids is 1. The Balaban J connectivity index is 0.000000167. The number of pyridine rings is 2. The van der Waals surface area contributed by atoms with E-state index in [4.69, 9.17) is 49.0 Å². The molecule has 0 amide bonds. The maximum Gasteiger partial charge on any atom is 0.356 e. The van der Waals surface area contributed by atoms with Gasteiger partial charge in [-0.3, -0.25) is 0 Å². The van der Waals surface area contributed by atoms with Gasteiger partial charge in [-0.1, -0.05) is 34.8 Å². The summed E-state index contributed by atoms with van der Waals surface area (Å²) in [4.78, 5) is 19.8. The molecule has 4 heterocycles. The van der Waals surface area contributed by atoms with E-state index >= 15 is 0 Å². The fraction of sp³-hybridized carbons (Fsp3) is 0.421. The van der Waals surface area contributed by atoms with Gasteiger partial charge in [-0.05, 0) is 43.0 Å². The van der Waals surface area contributed by atoms with E-state index in [0.29, 0.717) is 41.6 Å². The van der Waals surface area contributed by atoms with Gasteiger partial charge in [0.15, 0.2) is 0 Å². The Hall–Kier alpha value is -1.44. The number of rotatable bonds is 2. The summed E-state index contributed by atoms with van der Waals surface area (Å²) in [6.07, 6.45) is 1.57. The van der Waals surface area contributed by atoms with Crippen molar-refractivity contribution in [3.63, 3.8) is 0 Å². The minimum atomic E-state index is -0.447. The SMILES string of the molecule is CCOC(=O)c1cc(Cl)c2c(n1)COCC2.Clc1cc(Cl)c2c(n1)COCC2. The molecule has 0 atom stereocenters. The molecule has 2 aliphatic rings. The van der Waals surface area contributed by atoms with E-state index in [1.54, 1.807) is 19.1 Å². The second-order valence-electron chi connectivity index (χ2n) is 6.09. The molecule has 6 nitrogen and oxygen atoms in total. The summed E-state index contributed by atoms with van der Waals surface area (Å²) in [6, 6.07) is 3.23. The van der Waals surface area contributed by atoms with Gasteiger partial charge in [0, 0.05) is 10.0 Å². The van der Waals surface area contributed by atoms with Crippen molar-refractivity contribution in [3.05, 3.63) is 55.5 Å². The second-order valence-corrected chi connectivity index (χ2v) is 7.29. The normalized spacial score (nSPS) is 15.0. The summed E-state index contributed by atoms with van der Waals surface area (Å²) < 4.78 is 15.4. The van der Waals surface area contributed by atoms with Crippen LogP contribution in [0, 0.1) is 0 Å². The number of aromatic nitrogens is 2. The summed E-state index contributed by atoms with van der Waals surface area (Å²) in [5, 5.41) is 1.70. The Morgan fingerprint density at radius 3 is 2.18 bits per heavy atom. The lowest BCUT2D eigenvalue weighted by atomic mass is 10.1. The van der Waals surface area contributed by atoms with E-state index in [2.05, 4.69) is 9.97 Å². The molecule has 28 heavy (non-hydrogen) atoms. The first-order chi connectivity index (χ1) is 13.5. The average molecular weight is 446 g/mol. The fourth-order valence-corrected chi connectivity index (χ4v) is 3.79. The lowest BCUT2D eigenvalue weighted by molar-refractivity contribution is 0.0517. The smallest absolute Gasteiger partial charge is 0.356 e. The zero-order valence-corrected chi connectivity index (χ0v) is 17.5. The zero-order chi connectivity index (χ0) is 20.1. The number of halogens is 3. The van der Waals surface area contributed by atoms with Gasteiger partial charge >= 0.3 is 5.97 Å². The molecule has 0 aliphatic carbocycles. The molecular weight excluding hydrogens is 427 g/mol. The fourth-order valence-electron chi connectivity index (χ4n) is 2.91. The van der Waals surface area contributed by atoms with Crippen molar-refractivity contribution in [2.75, 3.05) is 19.8 Å². The van der Waals surface area contributed by atoms with Crippen LogP contribution in [0.15, 0.2) is 12.1 Å². The third-order valence-electron chi connectivity index (χ3n) is 4.23.